The van der Waals surface area contributed by atoms with Crippen molar-refractivity contribution in [2.75, 3.05) is 25.0 Å². The largest absolute Gasteiger partial charge is 0.484 e. The van der Waals surface area contributed by atoms with Crippen LogP contribution in [0.1, 0.15) is 30.4 Å². The van der Waals surface area contributed by atoms with E-state index in [4.69, 9.17) is 4.74 Å². The van der Waals surface area contributed by atoms with Crippen molar-refractivity contribution in [2.45, 2.75) is 32.7 Å². The Morgan fingerprint density at radius 1 is 1.08 bits per heavy atom. The van der Waals surface area contributed by atoms with Gasteiger partial charge >= 0.3 is 0 Å². The van der Waals surface area contributed by atoms with Crippen molar-refractivity contribution in [1.82, 2.24) is 4.90 Å². The van der Waals surface area contributed by atoms with Crippen molar-refractivity contribution < 1.29 is 9.53 Å². The number of nitrogens with zero attached hydrogens (tertiary/aromatic N) is 1. The van der Waals surface area contributed by atoms with Gasteiger partial charge in [-0.3, -0.25) is 9.69 Å². The van der Waals surface area contributed by atoms with E-state index in [1.54, 1.807) is 0 Å². The minimum Gasteiger partial charge on any atom is -0.484 e. The molecule has 1 fully saturated rings. The summed E-state index contributed by atoms with van der Waals surface area (Å²) >= 11 is 0. The maximum Gasteiger partial charge on any atom is 0.262 e. The zero-order valence-electron chi connectivity index (χ0n) is 14.8. The fourth-order valence-electron chi connectivity index (χ4n) is 3.17. The summed E-state index contributed by atoms with van der Waals surface area (Å²) in [5.41, 5.74) is 3.18. The molecule has 0 radical (unpaired) electrons. The molecule has 0 unspecified atom stereocenters. The lowest BCUT2D eigenvalue weighted by molar-refractivity contribution is -0.118. The first-order chi connectivity index (χ1) is 12.2. The zero-order chi connectivity index (χ0) is 17.5. The normalized spacial score (nSPS) is 14.9. The number of likely N-dealkylation sites (tertiary alicyclic amines) is 1. The predicted octanol–water partition coefficient (Wildman–Crippen LogP) is 4.00. The highest BCUT2D eigenvalue weighted by atomic mass is 16.5. The van der Waals surface area contributed by atoms with Gasteiger partial charge in [0.2, 0.25) is 0 Å². The molecule has 0 atom stereocenters. The Morgan fingerprint density at radius 3 is 2.68 bits per heavy atom. The van der Waals surface area contributed by atoms with Crippen LogP contribution in [-0.2, 0) is 11.3 Å². The fraction of sp³-hybridized carbons (Fsp3) is 0.381. The molecule has 1 heterocycles. The molecule has 25 heavy (non-hydrogen) atoms. The molecule has 2 aromatic carbocycles. The summed E-state index contributed by atoms with van der Waals surface area (Å²) in [7, 11) is 0. The molecule has 4 nitrogen and oxygen atoms in total. The lowest BCUT2D eigenvalue weighted by Crippen LogP contribution is -2.29. The van der Waals surface area contributed by atoms with Gasteiger partial charge in [-0.05, 0) is 68.2 Å². The lowest BCUT2D eigenvalue weighted by Gasteiger charge is -2.26. The zero-order valence-corrected chi connectivity index (χ0v) is 14.8. The third kappa shape index (κ3) is 5.61. The van der Waals surface area contributed by atoms with Gasteiger partial charge in [-0.15, -0.1) is 0 Å². The Morgan fingerprint density at radius 2 is 1.88 bits per heavy atom. The van der Waals surface area contributed by atoms with E-state index in [2.05, 4.69) is 22.3 Å². The number of carbonyl (C=O) groups excluding carboxylic acids is 1. The number of hydrogen-bond donors (Lipinski definition) is 1. The highest BCUT2D eigenvalue weighted by Gasteiger charge is 2.11. The number of amides is 1. The molecule has 0 spiro atoms. The lowest BCUT2D eigenvalue weighted by atomic mass is 10.1. The molecule has 1 aliphatic rings. The molecule has 0 bridgehead atoms. The first-order valence-electron chi connectivity index (χ1n) is 9.00. The second-order valence-corrected chi connectivity index (χ2v) is 6.69. The topological polar surface area (TPSA) is 41.6 Å². The molecule has 2 aromatic rings. The van der Waals surface area contributed by atoms with Crippen LogP contribution in [0.2, 0.25) is 0 Å². The number of hydrogen-bond acceptors (Lipinski definition) is 3. The number of aryl methyl sites for hydroxylation is 1. The van der Waals surface area contributed by atoms with Crippen molar-refractivity contribution in [3.05, 3.63) is 59.7 Å². The van der Waals surface area contributed by atoms with Crippen molar-refractivity contribution in [1.29, 1.82) is 0 Å². The van der Waals surface area contributed by atoms with Crippen molar-refractivity contribution in [3.63, 3.8) is 0 Å². The Balaban J connectivity index is 1.51. The van der Waals surface area contributed by atoms with Crippen LogP contribution in [0.25, 0.3) is 0 Å². The van der Waals surface area contributed by atoms with Crippen molar-refractivity contribution in [2.24, 2.45) is 0 Å². The molecular formula is C21H26N2O2. The standard InChI is InChI=1S/C21H26N2O2/c1-17-7-5-10-20(13-17)25-16-21(24)22-19-9-6-8-18(14-19)15-23-11-3-2-4-12-23/h5-10,13-14H,2-4,11-12,15-16H2,1H3,(H,22,24). The summed E-state index contributed by atoms with van der Waals surface area (Å²) in [6.45, 7) is 5.30. The van der Waals surface area contributed by atoms with Crippen LogP contribution >= 0.6 is 0 Å². The van der Waals surface area contributed by atoms with Crippen LogP contribution in [0.15, 0.2) is 48.5 Å². The predicted molar refractivity (Wildman–Crippen MR) is 101 cm³/mol. The smallest absolute Gasteiger partial charge is 0.262 e. The molecule has 132 valence electrons. The van der Waals surface area contributed by atoms with Gasteiger partial charge in [0.15, 0.2) is 6.61 Å². The van der Waals surface area contributed by atoms with Gasteiger partial charge < -0.3 is 10.1 Å². The number of piperidine rings is 1. The summed E-state index contributed by atoms with van der Waals surface area (Å²) in [5, 5.41) is 2.92. The molecule has 3 rings (SSSR count). The van der Waals surface area contributed by atoms with Gasteiger partial charge in [-0.2, -0.15) is 0 Å². The fourth-order valence-corrected chi connectivity index (χ4v) is 3.17. The number of anilines is 1. The van der Waals surface area contributed by atoms with E-state index in [0.29, 0.717) is 5.75 Å². The summed E-state index contributed by atoms with van der Waals surface area (Å²) in [4.78, 5) is 14.6. The van der Waals surface area contributed by atoms with E-state index in [9.17, 15) is 4.79 Å². The quantitative estimate of drug-likeness (QED) is 0.865. The van der Waals surface area contributed by atoms with E-state index < -0.39 is 0 Å². The highest BCUT2D eigenvalue weighted by Crippen LogP contribution is 2.16. The minimum atomic E-state index is -0.142. The van der Waals surface area contributed by atoms with Gasteiger partial charge in [0.1, 0.15) is 5.75 Å². The van der Waals surface area contributed by atoms with Crippen LogP contribution in [0, 0.1) is 6.92 Å². The van der Waals surface area contributed by atoms with Crippen LogP contribution < -0.4 is 10.1 Å². The van der Waals surface area contributed by atoms with Gasteiger partial charge in [0.05, 0.1) is 0 Å². The first-order valence-corrected chi connectivity index (χ1v) is 9.00. The maximum atomic E-state index is 12.1. The maximum absolute atomic E-state index is 12.1. The third-order valence-corrected chi connectivity index (χ3v) is 4.43. The number of carbonyl (C=O) groups is 1. The van der Waals surface area contributed by atoms with Gasteiger partial charge in [0.25, 0.3) is 5.91 Å². The monoisotopic (exact) mass is 338 g/mol. The average molecular weight is 338 g/mol. The van der Waals surface area contributed by atoms with E-state index >= 15 is 0 Å². The molecule has 0 aromatic heterocycles. The van der Waals surface area contributed by atoms with Crippen LogP contribution in [-0.4, -0.2) is 30.5 Å². The Bertz CT molecular complexity index is 709. The van der Waals surface area contributed by atoms with E-state index in [-0.39, 0.29) is 12.5 Å². The second kappa shape index (κ2) is 8.67. The third-order valence-electron chi connectivity index (χ3n) is 4.43. The summed E-state index contributed by atoms with van der Waals surface area (Å²) in [6.07, 6.45) is 3.91. The SMILES string of the molecule is Cc1cccc(OCC(=O)Nc2cccc(CN3CCCCC3)c2)c1. The molecule has 1 saturated heterocycles. The van der Waals surface area contributed by atoms with Gasteiger partial charge in [-0.25, -0.2) is 0 Å². The van der Waals surface area contributed by atoms with E-state index in [1.165, 1.54) is 37.9 Å². The summed E-state index contributed by atoms with van der Waals surface area (Å²) < 4.78 is 5.55. The van der Waals surface area contributed by atoms with Crippen LogP contribution in [0.4, 0.5) is 5.69 Å². The van der Waals surface area contributed by atoms with Crippen molar-refractivity contribution in [3.8, 4) is 5.75 Å². The number of ether oxygens (including phenoxy) is 1. The first kappa shape index (κ1) is 17.5. The molecule has 4 heteroatoms. The molecule has 1 N–H and O–H groups in total. The van der Waals surface area contributed by atoms with Crippen LogP contribution in [0.5, 0.6) is 5.75 Å². The Hall–Kier alpha value is -2.33. The van der Waals surface area contributed by atoms with E-state index in [1.807, 2.05) is 43.3 Å². The molecular weight excluding hydrogens is 312 g/mol. The molecule has 1 aliphatic heterocycles. The Labute approximate surface area is 149 Å². The van der Waals surface area contributed by atoms with Gasteiger partial charge in [-0.1, -0.05) is 30.7 Å². The highest BCUT2D eigenvalue weighted by molar-refractivity contribution is 5.91. The Kier molecular flexibility index (Phi) is 6.07. The number of rotatable bonds is 6. The van der Waals surface area contributed by atoms with Crippen molar-refractivity contribution >= 4 is 11.6 Å². The number of nitrogens with one attached hydrogen (secondary N) is 1. The second-order valence-electron chi connectivity index (χ2n) is 6.69. The van der Waals surface area contributed by atoms with Gasteiger partial charge in [0, 0.05) is 12.2 Å². The molecule has 0 saturated carbocycles. The average Bonchev–Trinajstić information content (AvgIpc) is 2.61. The van der Waals surface area contributed by atoms with Crippen LogP contribution in [0.3, 0.4) is 0 Å². The molecule has 0 aliphatic carbocycles. The summed E-state index contributed by atoms with van der Waals surface area (Å²) in [6, 6.07) is 15.8. The van der Waals surface area contributed by atoms with E-state index in [0.717, 1.165) is 17.8 Å². The summed E-state index contributed by atoms with van der Waals surface area (Å²) in [5.74, 6) is 0.575. The minimum absolute atomic E-state index is 0.0137. The molecule has 1 amide bonds. The number of benzene rings is 2.